The van der Waals surface area contributed by atoms with Crippen LogP contribution in [0.2, 0.25) is 0 Å². The fourth-order valence-electron chi connectivity index (χ4n) is 3.99. The first kappa shape index (κ1) is 18.9. The van der Waals surface area contributed by atoms with Crippen LogP contribution < -0.4 is 5.73 Å². The van der Waals surface area contributed by atoms with Crippen molar-refractivity contribution in [3.8, 4) is 22.4 Å². The van der Waals surface area contributed by atoms with E-state index in [1.54, 1.807) is 4.52 Å². The lowest BCUT2D eigenvalue weighted by molar-refractivity contribution is 0.253. The van der Waals surface area contributed by atoms with E-state index in [1.807, 2.05) is 24.4 Å². The molecule has 0 bridgehead atoms. The molecule has 0 radical (unpaired) electrons. The van der Waals surface area contributed by atoms with Crippen LogP contribution in [0.25, 0.3) is 28.2 Å². The Kier molecular flexibility index (Phi) is 4.26. The summed E-state index contributed by atoms with van der Waals surface area (Å²) in [4.78, 5) is 9.64. The third-order valence-electron chi connectivity index (χ3n) is 6.07. The maximum Gasteiger partial charge on any atom is 0.253 e. The van der Waals surface area contributed by atoms with Gasteiger partial charge in [-0.05, 0) is 30.4 Å². The number of hydrogen-bond acceptors (Lipinski definition) is 4. The van der Waals surface area contributed by atoms with Gasteiger partial charge in [-0.3, -0.25) is 0 Å². The molecular weight excluding hydrogens is 370 g/mol. The summed E-state index contributed by atoms with van der Waals surface area (Å²) in [5.41, 5.74) is 11.5. The molecule has 2 aromatic carbocycles. The van der Waals surface area contributed by atoms with Crippen molar-refractivity contribution >= 4 is 5.78 Å². The van der Waals surface area contributed by atoms with Crippen LogP contribution in [-0.2, 0) is 11.0 Å². The van der Waals surface area contributed by atoms with Crippen molar-refractivity contribution in [1.29, 1.82) is 0 Å². The maximum absolute atomic E-state index is 6.51. The van der Waals surface area contributed by atoms with Gasteiger partial charge in [0.2, 0.25) is 0 Å². The van der Waals surface area contributed by atoms with Crippen LogP contribution in [0, 0.1) is 0 Å². The van der Waals surface area contributed by atoms with Crippen molar-refractivity contribution in [1.82, 2.24) is 19.6 Å². The summed E-state index contributed by atoms with van der Waals surface area (Å²) in [7, 11) is 0. The van der Waals surface area contributed by atoms with Crippen molar-refractivity contribution in [2.75, 3.05) is 0 Å². The standard InChI is InChI=1S/C25H27N5/c1-24(2,3)22-28-23-27-21(18-10-12-19(13-11-18)25(26)14-7-15-25)20(16-30(23)29-22)17-8-5-4-6-9-17/h4-6,8-13,16H,7,14-15,26H2,1-3H3. The number of hydrogen-bond donors (Lipinski definition) is 1. The van der Waals surface area contributed by atoms with Crippen LogP contribution in [0.15, 0.2) is 60.8 Å². The second-order valence-corrected chi connectivity index (χ2v) is 9.39. The second-order valence-electron chi connectivity index (χ2n) is 9.39. The molecule has 0 atom stereocenters. The summed E-state index contributed by atoms with van der Waals surface area (Å²) in [5, 5.41) is 4.70. The van der Waals surface area contributed by atoms with Gasteiger partial charge in [-0.1, -0.05) is 75.4 Å². The lowest BCUT2D eigenvalue weighted by atomic mass is 9.72. The molecule has 5 rings (SSSR count). The lowest BCUT2D eigenvalue weighted by Crippen LogP contribution is -2.43. The Balaban J connectivity index is 1.67. The Hall–Kier alpha value is -3.05. The molecule has 0 saturated heterocycles. The molecule has 2 heterocycles. The Morgan fingerprint density at radius 2 is 1.60 bits per heavy atom. The highest BCUT2D eigenvalue weighted by molar-refractivity contribution is 5.81. The van der Waals surface area contributed by atoms with Crippen molar-refractivity contribution in [2.45, 2.75) is 51.0 Å². The number of nitrogens with zero attached hydrogens (tertiary/aromatic N) is 4. The molecule has 30 heavy (non-hydrogen) atoms. The average Bonchev–Trinajstić information content (AvgIpc) is 3.16. The van der Waals surface area contributed by atoms with Gasteiger partial charge in [0.25, 0.3) is 5.78 Å². The van der Waals surface area contributed by atoms with Gasteiger partial charge in [-0.25, -0.2) is 9.50 Å². The first-order valence-corrected chi connectivity index (χ1v) is 10.6. The van der Waals surface area contributed by atoms with E-state index in [0.717, 1.165) is 41.1 Å². The molecule has 0 aliphatic heterocycles. The number of aromatic nitrogens is 4. The molecule has 2 N–H and O–H groups in total. The highest BCUT2D eigenvalue weighted by Crippen LogP contribution is 2.39. The van der Waals surface area contributed by atoms with Crippen molar-refractivity contribution in [3.63, 3.8) is 0 Å². The van der Waals surface area contributed by atoms with Crippen LogP contribution >= 0.6 is 0 Å². The van der Waals surface area contributed by atoms with E-state index in [0.29, 0.717) is 5.78 Å². The minimum atomic E-state index is -0.160. The van der Waals surface area contributed by atoms with E-state index in [-0.39, 0.29) is 11.0 Å². The summed E-state index contributed by atoms with van der Waals surface area (Å²) in [5.74, 6) is 1.41. The fourth-order valence-corrected chi connectivity index (χ4v) is 3.99. The molecule has 5 nitrogen and oxygen atoms in total. The molecule has 0 amide bonds. The SMILES string of the molecule is CC(C)(C)c1nc2nc(-c3ccc(C4(N)CCC4)cc3)c(-c3ccccc3)cn2n1. The topological polar surface area (TPSA) is 69.1 Å². The Morgan fingerprint density at radius 3 is 2.20 bits per heavy atom. The molecule has 0 unspecified atom stereocenters. The monoisotopic (exact) mass is 397 g/mol. The summed E-state index contributed by atoms with van der Waals surface area (Å²) in [6.45, 7) is 6.34. The van der Waals surface area contributed by atoms with Gasteiger partial charge in [0.15, 0.2) is 5.82 Å². The number of fused-ring (bicyclic) bond motifs is 1. The molecule has 2 aromatic heterocycles. The summed E-state index contributed by atoms with van der Waals surface area (Å²) >= 11 is 0. The van der Waals surface area contributed by atoms with E-state index >= 15 is 0 Å². The highest BCUT2D eigenvalue weighted by Gasteiger charge is 2.34. The van der Waals surface area contributed by atoms with Crippen LogP contribution in [0.5, 0.6) is 0 Å². The average molecular weight is 398 g/mol. The summed E-state index contributed by atoms with van der Waals surface area (Å²) < 4.78 is 1.80. The molecule has 4 aromatic rings. The van der Waals surface area contributed by atoms with E-state index in [9.17, 15) is 0 Å². The van der Waals surface area contributed by atoms with Gasteiger partial charge in [0, 0.05) is 28.3 Å². The zero-order valence-corrected chi connectivity index (χ0v) is 17.8. The third kappa shape index (κ3) is 3.19. The number of nitrogens with two attached hydrogens (primary N) is 1. The first-order valence-electron chi connectivity index (χ1n) is 10.6. The summed E-state index contributed by atoms with van der Waals surface area (Å²) in [6.07, 6.45) is 5.36. The lowest BCUT2D eigenvalue weighted by Gasteiger charge is -2.38. The van der Waals surface area contributed by atoms with Crippen molar-refractivity contribution in [2.24, 2.45) is 5.73 Å². The minimum absolute atomic E-state index is 0.138. The van der Waals surface area contributed by atoms with Crippen LogP contribution in [0.1, 0.15) is 51.4 Å². The molecule has 1 fully saturated rings. The van der Waals surface area contributed by atoms with Crippen molar-refractivity contribution < 1.29 is 0 Å². The maximum atomic E-state index is 6.51. The predicted octanol–water partition coefficient (Wildman–Crippen LogP) is 5.09. The van der Waals surface area contributed by atoms with E-state index in [2.05, 4.69) is 57.2 Å². The molecule has 152 valence electrons. The van der Waals surface area contributed by atoms with Crippen LogP contribution in [0.4, 0.5) is 0 Å². The van der Waals surface area contributed by atoms with E-state index in [4.69, 9.17) is 20.8 Å². The van der Waals surface area contributed by atoms with Crippen LogP contribution in [0.3, 0.4) is 0 Å². The van der Waals surface area contributed by atoms with Crippen LogP contribution in [-0.4, -0.2) is 19.6 Å². The van der Waals surface area contributed by atoms with E-state index in [1.165, 1.54) is 12.0 Å². The predicted molar refractivity (Wildman–Crippen MR) is 120 cm³/mol. The number of rotatable bonds is 3. The molecule has 5 heteroatoms. The van der Waals surface area contributed by atoms with Gasteiger partial charge in [-0.2, -0.15) is 4.98 Å². The van der Waals surface area contributed by atoms with E-state index < -0.39 is 0 Å². The molecule has 1 aliphatic rings. The largest absolute Gasteiger partial charge is 0.321 e. The van der Waals surface area contributed by atoms with Gasteiger partial charge in [0.1, 0.15) is 0 Å². The minimum Gasteiger partial charge on any atom is -0.321 e. The first-order chi connectivity index (χ1) is 14.3. The molecule has 1 aliphatic carbocycles. The van der Waals surface area contributed by atoms with Crippen molar-refractivity contribution in [3.05, 3.63) is 72.2 Å². The zero-order chi connectivity index (χ0) is 20.9. The Labute approximate surface area is 177 Å². The van der Waals surface area contributed by atoms with Gasteiger partial charge >= 0.3 is 0 Å². The Morgan fingerprint density at radius 1 is 0.900 bits per heavy atom. The third-order valence-corrected chi connectivity index (χ3v) is 6.07. The molecule has 1 saturated carbocycles. The highest BCUT2D eigenvalue weighted by atomic mass is 15.3. The van der Waals surface area contributed by atoms with Gasteiger partial charge in [0.05, 0.1) is 5.69 Å². The number of benzene rings is 2. The quantitative estimate of drug-likeness (QED) is 0.522. The Bertz CT molecular complexity index is 1200. The van der Waals surface area contributed by atoms with Gasteiger partial charge in [-0.15, -0.1) is 5.10 Å². The molecular formula is C25H27N5. The normalized spacial score (nSPS) is 15.9. The molecule has 0 spiro atoms. The zero-order valence-electron chi connectivity index (χ0n) is 17.8. The smallest absolute Gasteiger partial charge is 0.253 e. The van der Waals surface area contributed by atoms with Gasteiger partial charge < -0.3 is 5.73 Å². The summed E-state index contributed by atoms with van der Waals surface area (Å²) in [6, 6.07) is 18.9. The fraction of sp³-hybridized carbons (Fsp3) is 0.320. The second kappa shape index (κ2) is 6.74.